The molecule has 2 heterocycles. The largest absolute Gasteiger partial charge is 0.395 e. The lowest BCUT2D eigenvalue weighted by Crippen LogP contribution is -2.20. The van der Waals surface area contributed by atoms with E-state index in [4.69, 9.17) is 10.1 Å². The van der Waals surface area contributed by atoms with Crippen LogP contribution in [0, 0.1) is 5.82 Å². The number of halogens is 1. The van der Waals surface area contributed by atoms with Crippen LogP contribution in [-0.4, -0.2) is 35.3 Å². The molecule has 23 heavy (non-hydrogen) atoms. The number of pyridine rings is 1. The third kappa shape index (κ3) is 2.22. The van der Waals surface area contributed by atoms with Crippen molar-refractivity contribution in [3.63, 3.8) is 0 Å². The molecule has 0 aliphatic rings. The number of aromatic nitrogens is 2. The summed E-state index contributed by atoms with van der Waals surface area (Å²) in [6.45, 7) is 0.592. The standard InChI is InChI=1S/C17H14FN3OS/c1-21(6-7-22)17-20-15-11-3-2-10(18)8-13(11)14-9-19-5-4-12(14)16(15)23-17/h2-5,8-9,22H,6-7H2,1H3. The van der Waals surface area contributed by atoms with Crippen molar-refractivity contribution in [3.8, 4) is 0 Å². The molecule has 0 fully saturated rings. The van der Waals surface area contributed by atoms with E-state index in [0.29, 0.717) is 6.54 Å². The van der Waals surface area contributed by atoms with E-state index in [0.717, 1.165) is 36.9 Å². The van der Waals surface area contributed by atoms with Crippen molar-refractivity contribution >= 4 is 48.2 Å². The first-order chi connectivity index (χ1) is 11.2. The zero-order valence-electron chi connectivity index (χ0n) is 12.5. The van der Waals surface area contributed by atoms with E-state index in [1.165, 1.54) is 12.1 Å². The van der Waals surface area contributed by atoms with Gasteiger partial charge in [0.1, 0.15) is 5.82 Å². The first kappa shape index (κ1) is 14.3. The molecule has 0 unspecified atom stereocenters. The second kappa shape index (κ2) is 5.40. The summed E-state index contributed by atoms with van der Waals surface area (Å²) < 4.78 is 14.8. The van der Waals surface area contributed by atoms with Crippen LogP contribution in [0.3, 0.4) is 0 Å². The highest BCUT2D eigenvalue weighted by Crippen LogP contribution is 2.39. The van der Waals surface area contributed by atoms with Gasteiger partial charge in [0.25, 0.3) is 0 Å². The summed E-state index contributed by atoms with van der Waals surface area (Å²) in [5.74, 6) is -0.269. The van der Waals surface area contributed by atoms with Crippen LogP contribution >= 0.6 is 11.3 Å². The maximum absolute atomic E-state index is 13.7. The lowest BCUT2D eigenvalue weighted by Gasteiger charge is -2.12. The minimum atomic E-state index is -0.269. The zero-order valence-corrected chi connectivity index (χ0v) is 13.3. The number of anilines is 1. The summed E-state index contributed by atoms with van der Waals surface area (Å²) in [4.78, 5) is 10.8. The van der Waals surface area contributed by atoms with E-state index in [9.17, 15) is 4.39 Å². The average Bonchev–Trinajstić information content (AvgIpc) is 3.01. The number of rotatable bonds is 3. The van der Waals surface area contributed by atoms with E-state index in [1.54, 1.807) is 29.8 Å². The van der Waals surface area contributed by atoms with Crippen LogP contribution in [0.15, 0.2) is 36.7 Å². The Hall–Kier alpha value is -2.31. The van der Waals surface area contributed by atoms with Crippen molar-refractivity contribution in [2.75, 3.05) is 25.1 Å². The molecule has 6 heteroatoms. The highest BCUT2D eigenvalue weighted by atomic mass is 32.1. The van der Waals surface area contributed by atoms with Crippen molar-refractivity contribution in [1.82, 2.24) is 9.97 Å². The van der Waals surface area contributed by atoms with Crippen LogP contribution in [-0.2, 0) is 0 Å². The second-order valence-corrected chi connectivity index (χ2v) is 6.41. The fraction of sp³-hybridized carbons (Fsp3) is 0.176. The van der Waals surface area contributed by atoms with Crippen molar-refractivity contribution in [1.29, 1.82) is 0 Å². The van der Waals surface area contributed by atoms with E-state index < -0.39 is 0 Å². The maximum atomic E-state index is 13.7. The molecule has 0 radical (unpaired) electrons. The Labute approximate surface area is 135 Å². The molecular weight excluding hydrogens is 313 g/mol. The third-order valence-electron chi connectivity index (χ3n) is 3.97. The molecular formula is C17H14FN3OS. The van der Waals surface area contributed by atoms with Gasteiger partial charge in [-0.05, 0) is 29.7 Å². The van der Waals surface area contributed by atoms with Gasteiger partial charge in [0.05, 0.1) is 16.8 Å². The SMILES string of the molecule is CN(CCO)c1nc2c3ccc(F)cc3c3cnccc3c2s1. The number of thiazole rings is 1. The predicted molar refractivity (Wildman–Crippen MR) is 92.7 cm³/mol. The molecule has 0 amide bonds. The van der Waals surface area contributed by atoms with E-state index in [1.807, 2.05) is 18.0 Å². The lowest BCUT2D eigenvalue weighted by atomic mass is 10.0. The molecule has 0 spiro atoms. The molecule has 4 aromatic rings. The van der Waals surface area contributed by atoms with Gasteiger partial charge < -0.3 is 10.0 Å². The Morgan fingerprint density at radius 1 is 1.17 bits per heavy atom. The van der Waals surface area contributed by atoms with Gasteiger partial charge in [-0.2, -0.15) is 0 Å². The maximum Gasteiger partial charge on any atom is 0.186 e. The summed E-state index contributed by atoms with van der Waals surface area (Å²) in [7, 11) is 1.90. The number of hydrogen-bond donors (Lipinski definition) is 1. The average molecular weight is 327 g/mol. The highest BCUT2D eigenvalue weighted by Gasteiger charge is 2.15. The molecule has 4 nitrogen and oxygen atoms in total. The number of nitrogens with zero attached hydrogens (tertiary/aromatic N) is 3. The van der Waals surface area contributed by atoms with Gasteiger partial charge in [-0.25, -0.2) is 9.37 Å². The van der Waals surface area contributed by atoms with Crippen LogP contribution in [0.1, 0.15) is 0 Å². The van der Waals surface area contributed by atoms with Gasteiger partial charge in [0, 0.05) is 42.1 Å². The van der Waals surface area contributed by atoms with Crippen LogP contribution in [0.4, 0.5) is 9.52 Å². The van der Waals surface area contributed by atoms with Crippen molar-refractivity contribution in [2.24, 2.45) is 0 Å². The van der Waals surface area contributed by atoms with Gasteiger partial charge in [-0.3, -0.25) is 4.98 Å². The van der Waals surface area contributed by atoms with Crippen molar-refractivity contribution in [2.45, 2.75) is 0 Å². The van der Waals surface area contributed by atoms with Gasteiger partial charge in [-0.15, -0.1) is 0 Å². The van der Waals surface area contributed by atoms with Gasteiger partial charge in [-0.1, -0.05) is 11.3 Å². The summed E-state index contributed by atoms with van der Waals surface area (Å²) in [5, 5.41) is 13.7. The third-order valence-corrected chi connectivity index (χ3v) is 5.17. The zero-order chi connectivity index (χ0) is 16.0. The number of hydrogen-bond acceptors (Lipinski definition) is 5. The molecule has 0 saturated heterocycles. The number of aliphatic hydroxyl groups excluding tert-OH is 1. The van der Waals surface area contributed by atoms with Crippen molar-refractivity contribution < 1.29 is 9.50 Å². The van der Waals surface area contributed by atoms with E-state index in [-0.39, 0.29) is 12.4 Å². The highest BCUT2D eigenvalue weighted by molar-refractivity contribution is 7.23. The molecule has 0 bridgehead atoms. The number of fused-ring (bicyclic) bond motifs is 6. The van der Waals surface area contributed by atoms with Crippen LogP contribution in [0.5, 0.6) is 0 Å². The number of benzene rings is 2. The summed E-state index contributed by atoms with van der Waals surface area (Å²) >= 11 is 1.58. The van der Waals surface area contributed by atoms with Crippen molar-refractivity contribution in [3.05, 3.63) is 42.5 Å². The van der Waals surface area contributed by atoms with E-state index in [2.05, 4.69) is 4.98 Å². The Morgan fingerprint density at radius 3 is 2.87 bits per heavy atom. The fourth-order valence-corrected chi connectivity index (χ4v) is 3.94. The minimum absolute atomic E-state index is 0.0725. The number of aliphatic hydroxyl groups is 1. The summed E-state index contributed by atoms with van der Waals surface area (Å²) in [6.07, 6.45) is 3.51. The molecule has 4 rings (SSSR count). The normalized spacial score (nSPS) is 11.6. The van der Waals surface area contributed by atoms with Crippen LogP contribution in [0.2, 0.25) is 0 Å². The molecule has 1 N–H and O–H groups in total. The summed E-state index contributed by atoms with van der Waals surface area (Å²) in [5.41, 5.74) is 0.864. The van der Waals surface area contributed by atoms with Crippen LogP contribution < -0.4 is 4.90 Å². The monoisotopic (exact) mass is 327 g/mol. The molecule has 116 valence electrons. The van der Waals surface area contributed by atoms with E-state index >= 15 is 0 Å². The van der Waals surface area contributed by atoms with Gasteiger partial charge >= 0.3 is 0 Å². The fourth-order valence-electron chi connectivity index (χ4n) is 2.84. The molecule has 0 saturated carbocycles. The minimum Gasteiger partial charge on any atom is -0.395 e. The Balaban J connectivity index is 2.14. The molecule has 0 aliphatic carbocycles. The quantitative estimate of drug-likeness (QED) is 0.585. The first-order valence-corrected chi connectivity index (χ1v) is 8.08. The molecule has 0 atom stereocenters. The second-order valence-electron chi connectivity index (χ2n) is 5.43. The van der Waals surface area contributed by atoms with Gasteiger partial charge in [0.2, 0.25) is 0 Å². The smallest absolute Gasteiger partial charge is 0.186 e. The Bertz CT molecular complexity index is 1030. The Morgan fingerprint density at radius 2 is 2.04 bits per heavy atom. The molecule has 2 aromatic heterocycles. The molecule has 2 aromatic carbocycles. The number of likely N-dealkylation sites (N-methyl/N-ethyl adjacent to an activating group) is 1. The lowest BCUT2D eigenvalue weighted by molar-refractivity contribution is 0.304. The molecule has 0 aliphatic heterocycles. The Kier molecular flexibility index (Phi) is 3.36. The summed E-state index contributed by atoms with van der Waals surface area (Å²) in [6, 6.07) is 6.71. The first-order valence-electron chi connectivity index (χ1n) is 7.26. The topological polar surface area (TPSA) is 49.2 Å². The van der Waals surface area contributed by atoms with Gasteiger partial charge in [0.15, 0.2) is 5.13 Å². The van der Waals surface area contributed by atoms with Crippen LogP contribution in [0.25, 0.3) is 31.8 Å². The predicted octanol–water partition coefficient (Wildman–Crippen LogP) is 3.57.